The molecule has 0 saturated heterocycles. The lowest BCUT2D eigenvalue weighted by atomic mass is 9.94. The summed E-state index contributed by atoms with van der Waals surface area (Å²) in [6.45, 7) is 4.00. The topological polar surface area (TPSA) is 33.6 Å². The molecule has 0 aliphatic heterocycles. The monoisotopic (exact) mass is 186 g/mol. The highest BCUT2D eigenvalue weighted by molar-refractivity contribution is 5.89. The van der Waals surface area contributed by atoms with Gasteiger partial charge in [-0.1, -0.05) is 25.4 Å². The molecular weight excluding hydrogens is 164 g/mol. The second kappa shape index (κ2) is 8.05. The van der Waals surface area contributed by atoms with Crippen molar-refractivity contribution in [2.24, 2.45) is 5.16 Å². The summed E-state index contributed by atoms with van der Waals surface area (Å²) in [5.74, 6) is 0. The lowest BCUT2D eigenvalue weighted by Gasteiger charge is -2.22. The maximum atomic E-state index is 4.76. The number of hydrogen-bond acceptors (Lipinski definition) is 3. The third-order valence-electron chi connectivity index (χ3n) is 2.13. The lowest BCUT2D eigenvalue weighted by molar-refractivity contribution is 0.209. The Bertz CT molecular complexity index is 146. The molecule has 13 heavy (non-hydrogen) atoms. The van der Waals surface area contributed by atoms with Gasteiger partial charge in [-0.15, -0.1) is 0 Å². The molecular formula is C10H22N2O. The molecule has 0 heterocycles. The smallest absolute Gasteiger partial charge is 0.106 e. The van der Waals surface area contributed by atoms with Crippen LogP contribution in [0.4, 0.5) is 0 Å². The van der Waals surface area contributed by atoms with Crippen LogP contribution in [0.3, 0.4) is 0 Å². The van der Waals surface area contributed by atoms with E-state index in [4.69, 9.17) is 4.84 Å². The largest absolute Gasteiger partial charge is 0.399 e. The average molecular weight is 186 g/mol. The van der Waals surface area contributed by atoms with Crippen LogP contribution in [0.1, 0.15) is 39.5 Å². The van der Waals surface area contributed by atoms with Gasteiger partial charge in [-0.3, -0.25) is 0 Å². The Labute approximate surface area is 81.5 Å². The first-order valence-corrected chi connectivity index (χ1v) is 5.15. The van der Waals surface area contributed by atoms with Gasteiger partial charge in [-0.2, -0.15) is 0 Å². The fourth-order valence-corrected chi connectivity index (χ4v) is 1.53. The molecule has 3 heteroatoms. The molecule has 0 bridgehead atoms. The number of rotatable bonds is 2. The Balaban J connectivity index is 0.000000671. The van der Waals surface area contributed by atoms with Gasteiger partial charge in [-0.05, 0) is 26.3 Å². The number of oxime groups is 1. The van der Waals surface area contributed by atoms with Gasteiger partial charge in [0.2, 0.25) is 0 Å². The molecule has 1 unspecified atom stereocenters. The second-order valence-electron chi connectivity index (χ2n) is 2.85. The van der Waals surface area contributed by atoms with Crippen molar-refractivity contribution in [1.29, 1.82) is 0 Å². The molecule has 0 aromatic heterocycles. The van der Waals surface area contributed by atoms with Gasteiger partial charge in [0, 0.05) is 6.04 Å². The molecule has 1 saturated carbocycles. The van der Waals surface area contributed by atoms with E-state index in [2.05, 4.69) is 10.5 Å². The molecule has 0 amide bonds. The summed E-state index contributed by atoms with van der Waals surface area (Å²) in [6.07, 6.45) is 4.83. The minimum absolute atomic E-state index is 0.448. The number of nitrogens with zero attached hydrogens (tertiary/aromatic N) is 1. The van der Waals surface area contributed by atoms with Crippen molar-refractivity contribution >= 4 is 5.71 Å². The maximum Gasteiger partial charge on any atom is 0.106 e. The lowest BCUT2D eigenvalue weighted by Crippen LogP contribution is -2.36. The van der Waals surface area contributed by atoms with Crippen LogP contribution in [0.15, 0.2) is 5.16 Å². The van der Waals surface area contributed by atoms with E-state index in [-0.39, 0.29) is 0 Å². The van der Waals surface area contributed by atoms with Crippen LogP contribution in [0.25, 0.3) is 0 Å². The summed E-state index contributed by atoms with van der Waals surface area (Å²) in [6, 6.07) is 0.448. The van der Waals surface area contributed by atoms with Crippen molar-refractivity contribution in [2.75, 3.05) is 14.2 Å². The van der Waals surface area contributed by atoms with E-state index in [9.17, 15) is 0 Å². The molecule has 0 aromatic rings. The van der Waals surface area contributed by atoms with E-state index in [1.807, 2.05) is 20.9 Å². The summed E-state index contributed by atoms with van der Waals surface area (Å²) in [4.78, 5) is 4.76. The second-order valence-corrected chi connectivity index (χ2v) is 2.85. The predicted octanol–water partition coefficient (Wildman–Crippen LogP) is 2.18. The average Bonchev–Trinajstić information content (AvgIpc) is 2.22. The van der Waals surface area contributed by atoms with E-state index >= 15 is 0 Å². The van der Waals surface area contributed by atoms with Gasteiger partial charge in [0.1, 0.15) is 7.11 Å². The molecule has 0 spiro atoms. The zero-order chi connectivity index (χ0) is 10.1. The molecule has 0 radical (unpaired) electrons. The molecule has 3 nitrogen and oxygen atoms in total. The van der Waals surface area contributed by atoms with Crippen LogP contribution in [0.2, 0.25) is 0 Å². The molecule has 78 valence electrons. The van der Waals surface area contributed by atoms with Crippen LogP contribution in [-0.4, -0.2) is 25.9 Å². The van der Waals surface area contributed by atoms with Crippen LogP contribution in [0, 0.1) is 0 Å². The van der Waals surface area contributed by atoms with Crippen LogP contribution >= 0.6 is 0 Å². The zero-order valence-corrected chi connectivity index (χ0v) is 9.26. The Kier molecular flexibility index (Phi) is 7.69. The highest BCUT2D eigenvalue weighted by Crippen LogP contribution is 2.15. The van der Waals surface area contributed by atoms with Crippen molar-refractivity contribution in [2.45, 2.75) is 45.6 Å². The summed E-state index contributed by atoms with van der Waals surface area (Å²) in [5.41, 5.74) is 1.17. The first-order chi connectivity index (χ1) is 6.38. The van der Waals surface area contributed by atoms with Gasteiger partial charge in [0.25, 0.3) is 0 Å². The summed E-state index contributed by atoms with van der Waals surface area (Å²) < 4.78 is 0. The summed E-state index contributed by atoms with van der Waals surface area (Å²) in [5, 5.41) is 7.22. The van der Waals surface area contributed by atoms with Crippen molar-refractivity contribution in [1.82, 2.24) is 5.32 Å². The van der Waals surface area contributed by atoms with E-state index in [0.29, 0.717) is 6.04 Å². The third-order valence-corrected chi connectivity index (χ3v) is 2.13. The summed E-state index contributed by atoms with van der Waals surface area (Å²) in [7, 11) is 3.58. The van der Waals surface area contributed by atoms with Gasteiger partial charge >= 0.3 is 0 Å². The fraction of sp³-hybridized carbons (Fsp3) is 0.900. The molecule has 1 fully saturated rings. The van der Waals surface area contributed by atoms with Crippen molar-refractivity contribution in [3.63, 3.8) is 0 Å². The van der Waals surface area contributed by atoms with Crippen LogP contribution in [0.5, 0.6) is 0 Å². The van der Waals surface area contributed by atoms with E-state index < -0.39 is 0 Å². The Morgan fingerprint density at radius 2 is 2.08 bits per heavy atom. The van der Waals surface area contributed by atoms with E-state index in [1.54, 1.807) is 7.11 Å². The van der Waals surface area contributed by atoms with Gasteiger partial charge in [0.05, 0.1) is 5.71 Å². The Hall–Kier alpha value is -0.570. The third kappa shape index (κ3) is 4.27. The Morgan fingerprint density at radius 1 is 1.38 bits per heavy atom. The SMILES string of the molecule is CC.CNC1CCCC/C1=N/OC. The standard InChI is InChI=1S/C8H16N2O.C2H6/c1-9-7-5-3-4-6-8(7)10-11-2;1-2/h7,9H,3-6H2,1-2H3;1-2H3/b10-8-;. The highest BCUT2D eigenvalue weighted by Gasteiger charge is 2.18. The quantitative estimate of drug-likeness (QED) is 0.671. The molecule has 1 rings (SSSR count). The fourth-order valence-electron chi connectivity index (χ4n) is 1.53. The first-order valence-electron chi connectivity index (χ1n) is 5.15. The van der Waals surface area contributed by atoms with Gasteiger partial charge < -0.3 is 10.2 Å². The van der Waals surface area contributed by atoms with Crippen LogP contribution in [-0.2, 0) is 4.84 Å². The number of hydrogen-bond donors (Lipinski definition) is 1. The first kappa shape index (κ1) is 12.4. The van der Waals surface area contributed by atoms with Gasteiger partial charge in [-0.25, -0.2) is 0 Å². The summed E-state index contributed by atoms with van der Waals surface area (Å²) >= 11 is 0. The minimum Gasteiger partial charge on any atom is -0.399 e. The number of nitrogens with one attached hydrogen (secondary N) is 1. The predicted molar refractivity (Wildman–Crippen MR) is 57.1 cm³/mol. The normalized spacial score (nSPS) is 24.9. The van der Waals surface area contributed by atoms with E-state index in [1.165, 1.54) is 25.0 Å². The van der Waals surface area contributed by atoms with Gasteiger partial charge in [0.15, 0.2) is 0 Å². The highest BCUT2D eigenvalue weighted by atomic mass is 16.6. The van der Waals surface area contributed by atoms with Crippen molar-refractivity contribution in [3.05, 3.63) is 0 Å². The molecule has 1 aliphatic carbocycles. The van der Waals surface area contributed by atoms with Crippen LogP contribution < -0.4 is 5.32 Å². The molecule has 0 aromatic carbocycles. The van der Waals surface area contributed by atoms with Crippen molar-refractivity contribution < 1.29 is 4.84 Å². The van der Waals surface area contributed by atoms with Crippen molar-refractivity contribution in [3.8, 4) is 0 Å². The zero-order valence-electron chi connectivity index (χ0n) is 9.26. The molecule has 1 atom stereocenters. The van der Waals surface area contributed by atoms with E-state index in [0.717, 1.165) is 6.42 Å². The minimum atomic E-state index is 0.448. The molecule has 1 aliphatic rings. The Morgan fingerprint density at radius 3 is 2.62 bits per heavy atom. The maximum absolute atomic E-state index is 4.76. The molecule has 1 N–H and O–H groups in total.